The third-order valence-corrected chi connectivity index (χ3v) is 5.19. The van der Waals surface area contributed by atoms with E-state index in [0.717, 1.165) is 62.0 Å². The first-order chi connectivity index (χ1) is 14.6. The van der Waals surface area contributed by atoms with Crippen molar-refractivity contribution in [1.82, 2.24) is 15.5 Å². The van der Waals surface area contributed by atoms with Gasteiger partial charge in [-0.3, -0.25) is 4.99 Å². The fourth-order valence-electron chi connectivity index (χ4n) is 3.44. The van der Waals surface area contributed by atoms with Crippen LogP contribution in [0.2, 0.25) is 0 Å². The van der Waals surface area contributed by atoms with Crippen molar-refractivity contribution in [2.75, 3.05) is 68.3 Å². The molecule has 31 heavy (non-hydrogen) atoms. The highest BCUT2D eigenvalue weighted by Crippen LogP contribution is 2.31. The standard InChI is InChI=1S/C22H38N4O4.HI/c1-23-22(24-11-7-12-29-16-18-8-6-13-30-18)25-15-19(26(2)3)17-9-10-20(27-4)21(14-17)28-5;/h9-10,14,18-19H,6-8,11-13,15-16H2,1-5H3,(H2,23,24,25);1H. The van der Waals surface area contributed by atoms with Crippen LogP contribution in [0.25, 0.3) is 0 Å². The molecule has 1 aliphatic heterocycles. The number of hydrogen-bond donors (Lipinski definition) is 2. The largest absolute Gasteiger partial charge is 0.493 e. The first-order valence-corrected chi connectivity index (χ1v) is 10.6. The van der Waals surface area contributed by atoms with Crippen LogP contribution in [0, 0.1) is 0 Å². The van der Waals surface area contributed by atoms with Gasteiger partial charge in [-0.25, -0.2) is 0 Å². The molecular formula is C22H39IN4O4. The van der Waals surface area contributed by atoms with E-state index in [2.05, 4.69) is 40.7 Å². The molecule has 2 N–H and O–H groups in total. The summed E-state index contributed by atoms with van der Waals surface area (Å²) in [5.74, 6) is 2.24. The predicted octanol–water partition coefficient (Wildman–Crippen LogP) is 2.68. The van der Waals surface area contributed by atoms with E-state index in [1.807, 2.05) is 12.1 Å². The lowest BCUT2D eigenvalue weighted by molar-refractivity contribution is 0.0168. The number of likely N-dealkylation sites (N-methyl/N-ethyl adjacent to an activating group) is 1. The van der Waals surface area contributed by atoms with Gasteiger partial charge >= 0.3 is 0 Å². The Hall–Kier alpha value is -1.30. The summed E-state index contributed by atoms with van der Waals surface area (Å²) in [6.45, 7) is 3.79. The van der Waals surface area contributed by atoms with Gasteiger partial charge in [0.05, 0.1) is 33.0 Å². The second kappa shape index (κ2) is 15.5. The van der Waals surface area contributed by atoms with Crippen LogP contribution in [0.4, 0.5) is 0 Å². The minimum absolute atomic E-state index is 0. The van der Waals surface area contributed by atoms with Gasteiger partial charge in [0.2, 0.25) is 0 Å². The minimum atomic E-state index is 0. The average Bonchev–Trinajstić information content (AvgIpc) is 3.27. The quantitative estimate of drug-likeness (QED) is 0.179. The Morgan fingerprint density at radius 1 is 1.23 bits per heavy atom. The molecule has 0 bridgehead atoms. The molecule has 1 saturated heterocycles. The van der Waals surface area contributed by atoms with E-state index in [0.29, 0.717) is 13.2 Å². The summed E-state index contributed by atoms with van der Waals surface area (Å²) < 4.78 is 22.1. The highest BCUT2D eigenvalue weighted by atomic mass is 127. The second-order valence-electron chi connectivity index (χ2n) is 7.54. The smallest absolute Gasteiger partial charge is 0.191 e. The van der Waals surface area contributed by atoms with Crippen LogP contribution >= 0.6 is 24.0 Å². The summed E-state index contributed by atoms with van der Waals surface area (Å²) in [5.41, 5.74) is 1.14. The summed E-state index contributed by atoms with van der Waals surface area (Å²) in [6.07, 6.45) is 3.46. The number of rotatable bonds is 12. The first kappa shape index (κ1) is 27.7. The number of guanidine groups is 1. The van der Waals surface area contributed by atoms with Crippen LogP contribution < -0.4 is 20.1 Å². The van der Waals surface area contributed by atoms with E-state index in [1.165, 1.54) is 0 Å². The molecule has 2 unspecified atom stereocenters. The summed E-state index contributed by atoms with van der Waals surface area (Å²) >= 11 is 0. The zero-order valence-corrected chi connectivity index (χ0v) is 21.8. The number of methoxy groups -OCH3 is 2. The highest BCUT2D eigenvalue weighted by molar-refractivity contribution is 14.0. The first-order valence-electron chi connectivity index (χ1n) is 10.6. The molecule has 0 saturated carbocycles. The predicted molar refractivity (Wildman–Crippen MR) is 135 cm³/mol. The summed E-state index contributed by atoms with van der Waals surface area (Å²) in [5, 5.41) is 6.76. The number of benzene rings is 1. The zero-order valence-electron chi connectivity index (χ0n) is 19.5. The summed E-state index contributed by atoms with van der Waals surface area (Å²) in [4.78, 5) is 6.49. The number of aliphatic imine (C=N–C) groups is 1. The van der Waals surface area contributed by atoms with Crippen molar-refractivity contribution < 1.29 is 18.9 Å². The maximum absolute atomic E-state index is 5.71. The van der Waals surface area contributed by atoms with Gasteiger partial charge in [0, 0.05) is 33.4 Å². The number of ether oxygens (including phenoxy) is 4. The number of hydrogen-bond acceptors (Lipinski definition) is 6. The van der Waals surface area contributed by atoms with Gasteiger partial charge in [-0.2, -0.15) is 0 Å². The van der Waals surface area contributed by atoms with Gasteiger partial charge < -0.3 is 34.5 Å². The number of halogens is 1. The van der Waals surface area contributed by atoms with E-state index in [-0.39, 0.29) is 36.1 Å². The van der Waals surface area contributed by atoms with Crippen molar-refractivity contribution in [2.45, 2.75) is 31.4 Å². The molecule has 2 atom stereocenters. The normalized spacial score (nSPS) is 17.2. The summed E-state index contributed by atoms with van der Waals surface area (Å²) in [6, 6.07) is 6.18. The van der Waals surface area contributed by atoms with Gasteiger partial charge in [-0.1, -0.05) is 6.07 Å². The zero-order chi connectivity index (χ0) is 21.8. The summed E-state index contributed by atoms with van der Waals surface area (Å²) in [7, 11) is 9.20. The Kier molecular flexibility index (Phi) is 13.9. The number of nitrogens with zero attached hydrogens (tertiary/aromatic N) is 2. The minimum Gasteiger partial charge on any atom is -0.493 e. The molecule has 0 aromatic heterocycles. The van der Waals surface area contributed by atoms with Crippen molar-refractivity contribution in [2.24, 2.45) is 4.99 Å². The lowest BCUT2D eigenvalue weighted by Gasteiger charge is -2.26. The monoisotopic (exact) mass is 550 g/mol. The lowest BCUT2D eigenvalue weighted by atomic mass is 10.1. The van der Waals surface area contributed by atoms with Crippen LogP contribution in [0.3, 0.4) is 0 Å². The third-order valence-electron chi connectivity index (χ3n) is 5.19. The Morgan fingerprint density at radius 2 is 2.00 bits per heavy atom. The molecule has 1 aromatic carbocycles. The Bertz CT molecular complexity index is 654. The molecule has 1 aromatic rings. The van der Waals surface area contributed by atoms with Crippen molar-refractivity contribution in [3.05, 3.63) is 23.8 Å². The lowest BCUT2D eigenvalue weighted by Crippen LogP contribution is -2.42. The van der Waals surface area contributed by atoms with Gasteiger partial charge in [0.25, 0.3) is 0 Å². The molecule has 1 heterocycles. The molecule has 0 aliphatic carbocycles. The Labute approximate surface area is 204 Å². The maximum atomic E-state index is 5.71. The Balaban J connectivity index is 0.00000480. The Morgan fingerprint density at radius 3 is 2.61 bits per heavy atom. The van der Waals surface area contributed by atoms with Crippen molar-refractivity contribution >= 4 is 29.9 Å². The molecule has 0 amide bonds. The van der Waals surface area contributed by atoms with Crippen molar-refractivity contribution in [3.8, 4) is 11.5 Å². The molecule has 0 spiro atoms. The molecule has 2 rings (SSSR count). The maximum Gasteiger partial charge on any atom is 0.191 e. The van der Waals surface area contributed by atoms with E-state index >= 15 is 0 Å². The van der Waals surface area contributed by atoms with Crippen molar-refractivity contribution in [3.63, 3.8) is 0 Å². The van der Waals surface area contributed by atoms with Gasteiger partial charge in [0.1, 0.15) is 0 Å². The van der Waals surface area contributed by atoms with E-state index in [9.17, 15) is 0 Å². The molecule has 9 heteroatoms. The van der Waals surface area contributed by atoms with Gasteiger partial charge in [-0.05, 0) is 51.1 Å². The molecular weight excluding hydrogens is 511 g/mol. The average molecular weight is 550 g/mol. The van der Waals surface area contributed by atoms with E-state index in [1.54, 1.807) is 21.3 Å². The fourth-order valence-corrected chi connectivity index (χ4v) is 3.44. The third kappa shape index (κ3) is 9.38. The highest BCUT2D eigenvalue weighted by Gasteiger charge is 2.17. The van der Waals surface area contributed by atoms with Crippen LogP contribution in [-0.4, -0.2) is 85.2 Å². The second-order valence-corrected chi connectivity index (χ2v) is 7.54. The van der Waals surface area contributed by atoms with Crippen LogP contribution in [0.5, 0.6) is 11.5 Å². The van der Waals surface area contributed by atoms with Gasteiger partial charge in [0.15, 0.2) is 17.5 Å². The molecule has 0 radical (unpaired) electrons. The topological polar surface area (TPSA) is 76.6 Å². The molecule has 8 nitrogen and oxygen atoms in total. The fraction of sp³-hybridized carbons (Fsp3) is 0.682. The van der Waals surface area contributed by atoms with E-state index < -0.39 is 0 Å². The number of nitrogens with one attached hydrogen (secondary N) is 2. The van der Waals surface area contributed by atoms with Crippen LogP contribution in [0.1, 0.15) is 30.9 Å². The van der Waals surface area contributed by atoms with Crippen molar-refractivity contribution in [1.29, 1.82) is 0 Å². The SMILES string of the molecule is CN=C(NCCCOCC1CCCO1)NCC(c1ccc(OC)c(OC)c1)N(C)C.I. The van der Waals surface area contributed by atoms with Gasteiger partial charge in [-0.15, -0.1) is 24.0 Å². The molecule has 1 aliphatic rings. The van der Waals surface area contributed by atoms with E-state index in [4.69, 9.17) is 18.9 Å². The van der Waals surface area contributed by atoms with Crippen LogP contribution in [0.15, 0.2) is 23.2 Å². The molecule has 1 fully saturated rings. The molecule has 178 valence electrons. The van der Waals surface area contributed by atoms with Crippen LogP contribution in [-0.2, 0) is 9.47 Å².